The third-order valence-corrected chi connectivity index (χ3v) is 4.41. The molecule has 0 saturated carbocycles. The van der Waals surface area contributed by atoms with Crippen molar-refractivity contribution in [2.24, 2.45) is 0 Å². The van der Waals surface area contributed by atoms with Crippen molar-refractivity contribution in [2.75, 3.05) is 7.11 Å². The smallest absolute Gasteiger partial charge is 0.123 e. The SMILES string of the molecule is CCc1cc(OC)cc2c1-c1ccc(F)cc1C2(C)C. The number of halogens is 1. The molecule has 20 heavy (non-hydrogen) atoms. The van der Waals surface area contributed by atoms with Crippen LogP contribution in [-0.2, 0) is 11.8 Å². The van der Waals surface area contributed by atoms with Crippen LogP contribution in [0.15, 0.2) is 30.3 Å². The van der Waals surface area contributed by atoms with E-state index in [1.807, 2.05) is 6.07 Å². The highest BCUT2D eigenvalue weighted by Crippen LogP contribution is 2.51. The highest BCUT2D eigenvalue weighted by Gasteiger charge is 2.37. The van der Waals surface area contributed by atoms with Crippen LogP contribution in [0.3, 0.4) is 0 Å². The van der Waals surface area contributed by atoms with Gasteiger partial charge in [-0.15, -0.1) is 0 Å². The average molecular weight is 270 g/mol. The van der Waals surface area contributed by atoms with Crippen LogP contribution >= 0.6 is 0 Å². The lowest BCUT2D eigenvalue weighted by Gasteiger charge is -2.22. The topological polar surface area (TPSA) is 9.23 Å². The minimum atomic E-state index is -0.189. The lowest BCUT2D eigenvalue weighted by Crippen LogP contribution is -2.15. The number of hydrogen-bond acceptors (Lipinski definition) is 1. The van der Waals surface area contributed by atoms with Crippen molar-refractivity contribution in [1.29, 1.82) is 0 Å². The molecule has 0 bridgehead atoms. The fraction of sp³-hybridized carbons (Fsp3) is 0.333. The van der Waals surface area contributed by atoms with Gasteiger partial charge in [0, 0.05) is 5.41 Å². The molecule has 0 aromatic heterocycles. The van der Waals surface area contributed by atoms with E-state index in [0.29, 0.717) is 0 Å². The summed E-state index contributed by atoms with van der Waals surface area (Å²) in [6.07, 6.45) is 0.937. The van der Waals surface area contributed by atoms with Crippen LogP contribution < -0.4 is 4.74 Å². The van der Waals surface area contributed by atoms with E-state index in [0.717, 1.165) is 23.3 Å². The Morgan fingerprint density at radius 1 is 1.10 bits per heavy atom. The van der Waals surface area contributed by atoms with E-state index in [4.69, 9.17) is 4.74 Å². The third-order valence-electron chi connectivity index (χ3n) is 4.41. The van der Waals surface area contributed by atoms with Crippen molar-refractivity contribution in [3.8, 4) is 16.9 Å². The summed E-state index contributed by atoms with van der Waals surface area (Å²) in [5.41, 5.74) is 5.78. The number of benzene rings is 2. The van der Waals surface area contributed by atoms with Gasteiger partial charge >= 0.3 is 0 Å². The van der Waals surface area contributed by atoms with Crippen LogP contribution in [0.1, 0.15) is 37.5 Å². The molecule has 104 valence electrons. The maximum Gasteiger partial charge on any atom is 0.123 e. The highest BCUT2D eigenvalue weighted by molar-refractivity contribution is 5.83. The zero-order valence-electron chi connectivity index (χ0n) is 12.4. The van der Waals surface area contributed by atoms with Crippen LogP contribution in [0.25, 0.3) is 11.1 Å². The molecule has 2 heteroatoms. The zero-order chi connectivity index (χ0) is 14.5. The fourth-order valence-corrected chi connectivity index (χ4v) is 3.28. The first-order valence-electron chi connectivity index (χ1n) is 7.00. The lowest BCUT2D eigenvalue weighted by molar-refractivity contribution is 0.413. The molecule has 0 fully saturated rings. The summed E-state index contributed by atoms with van der Waals surface area (Å²) in [5.74, 6) is 0.705. The minimum Gasteiger partial charge on any atom is -0.497 e. The van der Waals surface area contributed by atoms with Gasteiger partial charge in [-0.25, -0.2) is 4.39 Å². The number of hydrogen-bond donors (Lipinski definition) is 0. The Bertz CT molecular complexity index is 686. The molecule has 2 aromatic carbocycles. The van der Waals surface area contributed by atoms with Gasteiger partial charge in [-0.1, -0.05) is 26.8 Å². The molecule has 1 aliphatic rings. The van der Waals surface area contributed by atoms with Crippen LogP contribution in [0, 0.1) is 5.82 Å². The van der Waals surface area contributed by atoms with Gasteiger partial charge in [-0.3, -0.25) is 0 Å². The van der Waals surface area contributed by atoms with Gasteiger partial charge in [0.2, 0.25) is 0 Å². The predicted molar refractivity (Wildman–Crippen MR) is 79.9 cm³/mol. The first-order valence-corrected chi connectivity index (χ1v) is 7.00. The summed E-state index contributed by atoms with van der Waals surface area (Å²) in [6, 6.07) is 9.30. The van der Waals surface area contributed by atoms with E-state index in [9.17, 15) is 4.39 Å². The summed E-state index contributed by atoms with van der Waals surface area (Å²) in [6.45, 7) is 6.44. The molecule has 0 amide bonds. The van der Waals surface area contributed by atoms with E-state index in [1.54, 1.807) is 19.2 Å². The molecular formula is C18H19FO. The number of rotatable bonds is 2. The Hall–Kier alpha value is -1.83. The van der Waals surface area contributed by atoms with Crippen molar-refractivity contribution in [1.82, 2.24) is 0 Å². The van der Waals surface area contributed by atoms with Gasteiger partial charge in [-0.05, 0) is 58.5 Å². The third kappa shape index (κ3) is 1.67. The second-order valence-electron chi connectivity index (χ2n) is 5.88. The monoisotopic (exact) mass is 270 g/mol. The number of methoxy groups -OCH3 is 1. The van der Waals surface area contributed by atoms with Crippen LogP contribution in [0.4, 0.5) is 4.39 Å². The maximum atomic E-state index is 13.6. The minimum absolute atomic E-state index is 0.172. The average Bonchev–Trinajstić information content (AvgIpc) is 2.66. The Labute approximate surface area is 119 Å². The molecule has 0 N–H and O–H groups in total. The van der Waals surface area contributed by atoms with Crippen molar-refractivity contribution in [3.63, 3.8) is 0 Å². The number of ether oxygens (including phenoxy) is 1. The van der Waals surface area contributed by atoms with Crippen LogP contribution in [0.2, 0.25) is 0 Å². The molecule has 1 nitrogen and oxygen atoms in total. The van der Waals surface area contributed by atoms with E-state index in [-0.39, 0.29) is 11.2 Å². The maximum absolute atomic E-state index is 13.6. The first kappa shape index (κ1) is 13.2. The van der Waals surface area contributed by atoms with Gasteiger partial charge in [0.05, 0.1) is 7.11 Å². The van der Waals surface area contributed by atoms with Crippen LogP contribution in [0.5, 0.6) is 5.75 Å². The van der Waals surface area contributed by atoms with Crippen molar-refractivity contribution in [2.45, 2.75) is 32.6 Å². The Balaban J connectivity index is 2.37. The molecule has 1 aliphatic carbocycles. The van der Waals surface area contributed by atoms with Crippen molar-refractivity contribution in [3.05, 3.63) is 52.8 Å². The van der Waals surface area contributed by atoms with Crippen molar-refractivity contribution < 1.29 is 9.13 Å². The normalized spacial score (nSPS) is 14.8. The zero-order valence-corrected chi connectivity index (χ0v) is 12.4. The molecule has 0 atom stereocenters. The largest absolute Gasteiger partial charge is 0.497 e. The van der Waals surface area contributed by atoms with E-state index < -0.39 is 0 Å². The summed E-state index contributed by atoms with van der Waals surface area (Å²) in [5, 5.41) is 0. The fourth-order valence-electron chi connectivity index (χ4n) is 3.28. The summed E-state index contributed by atoms with van der Waals surface area (Å²) in [7, 11) is 1.69. The lowest BCUT2D eigenvalue weighted by atomic mass is 9.82. The van der Waals surface area contributed by atoms with Gasteiger partial charge in [0.25, 0.3) is 0 Å². The quantitative estimate of drug-likeness (QED) is 0.768. The molecule has 3 rings (SSSR count). The summed E-state index contributed by atoms with van der Waals surface area (Å²) >= 11 is 0. The second-order valence-corrected chi connectivity index (χ2v) is 5.88. The standard InChI is InChI=1S/C18H19FO/c1-5-11-8-13(20-4)10-16-17(11)14-7-6-12(19)9-15(14)18(16,2)3/h6-10H,5H2,1-4H3. The Morgan fingerprint density at radius 3 is 2.50 bits per heavy atom. The predicted octanol–water partition coefficient (Wildman–Crippen LogP) is 4.70. The van der Waals surface area contributed by atoms with E-state index in [2.05, 4.69) is 32.9 Å². The molecule has 0 saturated heterocycles. The van der Waals surface area contributed by atoms with Gasteiger partial charge in [0.15, 0.2) is 0 Å². The van der Waals surface area contributed by atoms with Gasteiger partial charge in [-0.2, -0.15) is 0 Å². The first-order chi connectivity index (χ1) is 9.48. The molecule has 0 radical (unpaired) electrons. The Morgan fingerprint density at radius 2 is 1.85 bits per heavy atom. The second kappa shape index (κ2) is 4.34. The molecule has 2 aromatic rings. The molecular weight excluding hydrogens is 251 g/mol. The van der Waals surface area contributed by atoms with Gasteiger partial charge < -0.3 is 4.74 Å². The van der Waals surface area contributed by atoms with E-state index >= 15 is 0 Å². The molecule has 0 unspecified atom stereocenters. The highest BCUT2D eigenvalue weighted by atomic mass is 19.1. The van der Waals surface area contributed by atoms with Crippen molar-refractivity contribution >= 4 is 0 Å². The molecule has 0 heterocycles. The van der Waals surface area contributed by atoms with Crippen LogP contribution in [-0.4, -0.2) is 7.11 Å². The Kier molecular flexibility index (Phi) is 2.86. The van der Waals surface area contributed by atoms with Gasteiger partial charge in [0.1, 0.15) is 11.6 Å². The number of fused-ring (bicyclic) bond motifs is 3. The molecule has 0 spiro atoms. The summed E-state index contributed by atoms with van der Waals surface area (Å²) in [4.78, 5) is 0. The van der Waals surface area contributed by atoms with E-state index in [1.165, 1.54) is 16.7 Å². The summed E-state index contributed by atoms with van der Waals surface area (Å²) < 4.78 is 19.1. The molecule has 0 aliphatic heterocycles. The number of aryl methyl sites for hydroxylation is 1.